The highest BCUT2D eigenvalue weighted by molar-refractivity contribution is 6.92. The van der Waals surface area contributed by atoms with Gasteiger partial charge in [0.2, 0.25) is 0 Å². The van der Waals surface area contributed by atoms with Crippen LogP contribution in [0.25, 0.3) is 0 Å². The Labute approximate surface area is 344 Å². The monoisotopic (exact) mass is 928 g/mol. The molecule has 0 aromatic rings. The SMILES string of the molecule is CN.CN=CC(O)C(O)C(O)C(O)CO.CNCC(=O)C(O)C(O)C(O)CO.CNCC(O)C(O)C(O)C(O)CO.O=CC(O)C(O)C(O)C(O)CO.P.P.P.P. The van der Waals surface area contributed by atoms with Crippen LogP contribution in [0, 0.1) is 0 Å². The van der Waals surface area contributed by atoms with Crippen LogP contribution in [0.5, 0.6) is 0 Å². The second-order valence-corrected chi connectivity index (χ2v) is 10.5. The predicted octanol–water partition coefficient (Wildman–Crippen LogP) is -13.0. The number of aliphatic imine (C=N–C) groups is 1. The van der Waals surface area contributed by atoms with Gasteiger partial charge in [-0.2, -0.15) is 39.6 Å². The van der Waals surface area contributed by atoms with Gasteiger partial charge in [0.15, 0.2) is 12.1 Å². The van der Waals surface area contributed by atoms with Crippen molar-refractivity contribution in [3.8, 4) is 0 Å². The molecule has 0 bridgehead atoms. The Hall–Kier alpha value is -0.150. The van der Waals surface area contributed by atoms with E-state index in [0.29, 0.717) is 0 Å². The first-order valence-electron chi connectivity index (χ1n) is 15.6. The Morgan fingerprint density at radius 3 is 1.11 bits per heavy atom. The summed E-state index contributed by atoms with van der Waals surface area (Å²) in [6.45, 7) is -2.82. The van der Waals surface area contributed by atoms with Crippen LogP contribution in [0.15, 0.2) is 4.99 Å². The zero-order valence-corrected chi connectivity index (χ0v) is 38.4. The number of likely N-dealkylation sites (N-methyl/N-ethyl adjacent to an activating group) is 2. The molecule has 0 aromatic carbocycles. The summed E-state index contributed by atoms with van der Waals surface area (Å²) in [5.41, 5.74) is 4.50. The summed E-state index contributed by atoms with van der Waals surface area (Å²) in [6, 6.07) is 0. The minimum absolute atomic E-state index is 0. The van der Waals surface area contributed by atoms with E-state index in [1.165, 1.54) is 21.1 Å². The summed E-state index contributed by atoms with van der Waals surface area (Å²) < 4.78 is 0. The fourth-order valence-corrected chi connectivity index (χ4v) is 3.08. The van der Waals surface area contributed by atoms with Crippen molar-refractivity contribution in [3.63, 3.8) is 0 Å². The first kappa shape index (κ1) is 77.4. The van der Waals surface area contributed by atoms with Gasteiger partial charge in [0.05, 0.1) is 39.1 Å². The van der Waals surface area contributed by atoms with Crippen molar-refractivity contribution in [2.24, 2.45) is 10.7 Å². The number of aldehydes is 1. The highest BCUT2D eigenvalue weighted by atomic mass is 31.0. The van der Waals surface area contributed by atoms with Crippen LogP contribution in [-0.2, 0) is 9.59 Å². The van der Waals surface area contributed by atoms with Gasteiger partial charge in [0, 0.05) is 19.8 Å². The van der Waals surface area contributed by atoms with E-state index in [9.17, 15) is 14.7 Å². The Kier molecular flexibility index (Phi) is 65.9. The Bertz CT molecular complexity index is 892. The maximum absolute atomic E-state index is 10.9. The summed E-state index contributed by atoms with van der Waals surface area (Å²) in [5.74, 6) is -0.637. The van der Waals surface area contributed by atoms with E-state index in [0.717, 1.165) is 6.21 Å². The summed E-state index contributed by atoms with van der Waals surface area (Å²) >= 11 is 0. The highest BCUT2D eigenvalue weighted by Crippen LogP contribution is 2.05. The largest absolute Gasteiger partial charge is 0.394 e. The van der Waals surface area contributed by atoms with Gasteiger partial charge < -0.3 is 118 Å². The van der Waals surface area contributed by atoms with Crippen molar-refractivity contribution in [1.82, 2.24) is 10.6 Å². The number of nitrogens with two attached hydrogens (primary N) is 1. The summed E-state index contributed by atoms with van der Waals surface area (Å²) in [6.07, 6.45) is -22.3. The number of carbonyl (C=O) groups is 2. The fourth-order valence-electron chi connectivity index (χ4n) is 3.08. The van der Waals surface area contributed by atoms with Gasteiger partial charge in [0.1, 0.15) is 85.5 Å². The molecule has 0 rings (SSSR count). The summed E-state index contributed by atoms with van der Waals surface area (Å²) in [5, 5.41) is 174. The maximum Gasteiger partial charge on any atom is 0.177 e. The molecule has 57 heavy (non-hydrogen) atoms. The molecule has 0 saturated heterocycles. The number of rotatable bonds is 22. The van der Waals surface area contributed by atoms with Gasteiger partial charge in [-0.25, -0.2) is 0 Å². The molecule has 19 atom stereocenters. The molecular weight excluding hydrogens is 852 g/mol. The lowest BCUT2D eigenvalue weighted by atomic mass is 10.0. The van der Waals surface area contributed by atoms with E-state index in [2.05, 4.69) is 21.4 Å². The van der Waals surface area contributed by atoms with Crippen molar-refractivity contribution < 1.29 is 107 Å². The molecule has 0 aromatic heterocycles. The number of carbonyl (C=O) groups excluding carboxylic acids is 2. The molecule has 23 N–H and O–H groups in total. The lowest BCUT2D eigenvalue weighted by molar-refractivity contribution is -0.139. The Morgan fingerprint density at radius 2 is 0.825 bits per heavy atom. The van der Waals surface area contributed by atoms with Crippen LogP contribution in [0.1, 0.15) is 0 Å². The van der Waals surface area contributed by atoms with Crippen LogP contribution in [0.2, 0.25) is 0 Å². The van der Waals surface area contributed by atoms with E-state index in [1.807, 2.05) is 0 Å². The number of aliphatic hydroxyl groups is 19. The molecule has 0 saturated carbocycles. The molecule has 0 aliphatic carbocycles. The van der Waals surface area contributed by atoms with E-state index in [1.54, 1.807) is 7.05 Å². The summed E-state index contributed by atoms with van der Waals surface area (Å²) in [7, 11) is 5.98. The quantitative estimate of drug-likeness (QED) is 0.0272. The average molecular weight is 929 g/mol. The normalized spacial score (nSPS) is 18.2. The van der Waals surface area contributed by atoms with E-state index >= 15 is 0 Å². The first-order chi connectivity index (χ1) is 24.7. The Morgan fingerprint density at radius 1 is 0.526 bits per heavy atom. The number of aliphatic hydroxyl groups excluding tert-OH is 19. The second-order valence-electron chi connectivity index (χ2n) is 10.5. The molecule has 0 amide bonds. The molecule has 0 fully saturated rings. The lowest BCUT2D eigenvalue weighted by Crippen LogP contribution is -2.48. The number of nitrogens with one attached hydrogen (secondary N) is 2. The summed E-state index contributed by atoms with van der Waals surface area (Å²) in [4.78, 5) is 24.3. The van der Waals surface area contributed by atoms with Gasteiger partial charge in [0.25, 0.3) is 0 Å². The molecule has 25 nitrogen and oxygen atoms in total. The third-order valence-corrected chi connectivity index (χ3v) is 6.33. The number of nitrogens with zero attached hydrogens (tertiary/aromatic N) is 1. The molecule has 0 aliphatic rings. The van der Waals surface area contributed by atoms with Gasteiger partial charge >= 0.3 is 0 Å². The molecule has 354 valence electrons. The highest BCUT2D eigenvalue weighted by Gasteiger charge is 2.31. The molecule has 0 aliphatic heterocycles. The third-order valence-electron chi connectivity index (χ3n) is 6.33. The zero-order chi connectivity index (χ0) is 43.0. The molecule has 0 spiro atoms. The van der Waals surface area contributed by atoms with Crippen LogP contribution < -0.4 is 16.4 Å². The van der Waals surface area contributed by atoms with Crippen molar-refractivity contribution >= 4 is 57.9 Å². The predicted molar refractivity (Wildman–Crippen MR) is 226 cm³/mol. The van der Waals surface area contributed by atoms with Crippen LogP contribution in [0.4, 0.5) is 0 Å². The van der Waals surface area contributed by atoms with E-state index in [-0.39, 0.29) is 59.0 Å². The van der Waals surface area contributed by atoms with Crippen LogP contribution in [0.3, 0.4) is 0 Å². The smallest absolute Gasteiger partial charge is 0.177 e. The minimum atomic E-state index is -1.79. The lowest BCUT2D eigenvalue weighted by Gasteiger charge is -2.25. The van der Waals surface area contributed by atoms with Crippen LogP contribution >= 0.6 is 39.6 Å². The molecule has 0 radical (unpaired) electrons. The van der Waals surface area contributed by atoms with Crippen molar-refractivity contribution in [3.05, 3.63) is 0 Å². The molecule has 19 unspecified atom stereocenters. The van der Waals surface area contributed by atoms with Crippen molar-refractivity contribution in [1.29, 1.82) is 0 Å². The number of ketones is 1. The van der Waals surface area contributed by atoms with Gasteiger partial charge in [-0.15, -0.1) is 0 Å². The first-order valence-corrected chi connectivity index (χ1v) is 15.6. The third kappa shape index (κ3) is 36.2. The van der Waals surface area contributed by atoms with Crippen LogP contribution in [-0.4, -0.2) is 275 Å². The second kappa shape index (κ2) is 48.5. The Balaban J connectivity index is -0.0000000741. The van der Waals surface area contributed by atoms with Gasteiger partial charge in [-0.1, -0.05) is 0 Å². The minimum Gasteiger partial charge on any atom is -0.394 e. The van der Waals surface area contributed by atoms with Gasteiger partial charge in [-0.05, 0) is 21.1 Å². The zero-order valence-electron chi connectivity index (χ0n) is 32.7. The standard InChI is InChI=1S/C7H17NO5.2C7H15NO5.C6H12O6.CH5N.4H3P/c3*1-8-2-4(10)6(12)7(13)5(11)3-9;7-1-3(9)5(11)6(12)4(10)2-8;1-2;;;;/h4-13H,2-3H2,1H3;5-9,11-13H,2-3H2,1H3;2,4-7,9-13H,3H2,1H3;1,3-6,8-12H,2H2;2H2,1H3;4*1H3. The molecule has 29 heteroatoms. The molecule has 0 heterocycles. The number of hydrogen-bond acceptors (Lipinski definition) is 25. The number of hydrogen-bond donors (Lipinski definition) is 22. The maximum atomic E-state index is 10.9. The topological polar surface area (TPSA) is 481 Å². The van der Waals surface area contributed by atoms with Crippen molar-refractivity contribution in [2.45, 2.75) is 91.6 Å². The van der Waals surface area contributed by atoms with E-state index in [4.69, 9.17) is 91.9 Å². The van der Waals surface area contributed by atoms with Gasteiger partial charge in [-0.3, -0.25) is 9.79 Å². The fraction of sp³-hybridized carbons (Fsp3) is 0.893. The molecular formula is C28H76N4O21P4. The number of Topliss-reactive ketones (excluding diaryl/α,β-unsaturated/α-hetero) is 1. The van der Waals surface area contributed by atoms with Crippen molar-refractivity contribution in [2.75, 3.05) is 67.7 Å². The van der Waals surface area contributed by atoms with E-state index < -0.39 is 124 Å². The average Bonchev–Trinajstić information content (AvgIpc) is 3.18.